The van der Waals surface area contributed by atoms with E-state index in [9.17, 15) is 4.79 Å². The zero-order valence-corrected chi connectivity index (χ0v) is 12.6. The van der Waals surface area contributed by atoms with E-state index in [-0.39, 0.29) is 6.03 Å². The van der Waals surface area contributed by atoms with Gasteiger partial charge in [-0.1, -0.05) is 32.3 Å². The summed E-state index contributed by atoms with van der Waals surface area (Å²) in [6.07, 6.45) is 4.65. The highest BCUT2D eigenvalue weighted by molar-refractivity contribution is 9.10. The SMILES string of the molecule is CCCCCCNC(=O)Nc1ccc(C)cc1Br. The third-order valence-electron chi connectivity index (χ3n) is 2.69. The third-order valence-corrected chi connectivity index (χ3v) is 3.34. The van der Waals surface area contributed by atoms with Crippen molar-refractivity contribution in [3.8, 4) is 0 Å². The van der Waals surface area contributed by atoms with Gasteiger partial charge in [-0.05, 0) is 47.0 Å². The fourth-order valence-electron chi connectivity index (χ4n) is 1.64. The summed E-state index contributed by atoms with van der Waals surface area (Å²) in [6, 6.07) is 5.71. The summed E-state index contributed by atoms with van der Waals surface area (Å²) in [6.45, 7) is 4.92. The van der Waals surface area contributed by atoms with Crippen LogP contribution in [0.3, 0.4) is 0 Å². The molecule has 1 rings (SSSR count). The van der Waals surface area contributed by atoms with Gasteiger partial charge < -0.3 is 10.6 Å². The van der Waals surface area contributed by atoms with E-state index in [0.29, 0.717) is 0 Å². The van der Waals surface area contributed by atoms with Gasteiger partial charge >= 0.3 is 6.03 Å². The highest BCUT2D eigenvalue weighted by Crippen LogP contribution is 2.23. The van der Waals surface area contributed by atoms with Crippen LogP contribution in [-0.2, 0) is 0 Å². The molecule has 2 N–H and O–H groups in total. The molecule has 4 heteroatoms. The third kappa shape index (κ3) is 5.54. The highest BCUT2D eigenvalue weighted by atomic mass is 79.9. The zero-order chi connectivity index (χ0) is 13.4. The smallest absolute Gasteiger partial charge is 0.319 e. The summed E-state index contributed by atoms with van der Waals surface area (Å²) in [5.74, 6) is 0. The van der Waals surface area contributed by atoms with E-state index < -0.39 is 0 Å². The monoisotopic (exact) mass is 312 g/mol. The summed E-state index contributed by atoms with van der Waals surface area (Å²) in [5.41, 5.74) is 1.96. The second-order valence-electron chi connectivity index (χ2n) is 4.42. The van der Waals surface area contributed by atoms with Gasteiger partial charge in [0.05, 0.1) is 5.69 Å². The average Bonchev–Trinajstić information content (AvgIpc) is 2.32. The van der Waals surface area contributed by atoms with Gasteiger partial charge in [0.2, 0.25) is 0 Å². The molecule has 0 aliphatic heterocycles. The Balaban J connectivity index is 2.31. The van der Waals surface area contributed by atoms with E-state index in [2.05, 4.69) is 33.5 Å². The Hall–Kier alpha value is -1.03. The topological polar surface area (TPSA) is 41.1 Å². The first-order valence-electron chi connectivity index (χ1n) is 6.44. The standard InChI is InChI=1S/C14H21BrN2O/c1-3-4-5-6-9-16-14(18)17-13-8-7-11(2)10-12(13)15/h7-8,10H,3-6,9H2,1-2H3,(H2,16,17,18). The fourth-order valence-corrected chi connectivity index (χ4v) is 2.23. The number of rotatable bonds is 6. The fraction of sp³-hybridized carbons (Fsp3) is 0.500. The van der Waals surface area contributed by atoms with Crippen LogP contribution < -0.4 is 10.6 Å². The minimum Gasteiger partial charge on any atom is -0.338 e. The first-order valence-corrected chi connectivity index (χ1v) is 7.23. The number of urea groups is 1. The number of hydrogen-bond acceptors (Lipinski definition) is 1. The number of halogens is 1. The van der Waals surface area contributed by atoms with Gasteiger partial charge in [-0.25, -0.2) is 4.79 Å². The largest absolute Gasteiger partial charge is 0.338 e. The van der Waals surface area contributed by atoms with Crippen molar-refractivity contribution in [2.24, 2.45) is 0 Å². The van der Waals surface area contributed by atoms with Gasteiger partial charge in [-0.15, -0.1) is 0 Å². The first-order chi connectivity index (χ1) is 8.63. The van der Waals surface area contributed by atoms with Crippen LogP contribution in [-0.4, -0.2) is 12.6 Å². The molecule has 0 saturated carbocycles. The van der Waals surface area contributed by atoms with Crippen LogP contribution in [0.1, 0.15) is 38.2 Å². The lowest BCUT2D eigenvalue weighted by Gasteiger charge is -2.09. The van der Waals surface area contributed by atoms with Gasteiger partial charge in [0.15, 0.2) is 0 Å². The van der Waals surface area contributed by atoms with Crippen LogP contribution in [0.2, 0.25) is 0 Å². The highest BCUT2D eigenvalue weighted by Gasteiger charge is 2.04. The molecule has 0 spiro atoms. The zero-order valence-electron chi connectivity index (χ0n) is 11.1. The minimum absolute atomic E-state index is 0.143. The van der Waals surface area contributed by atoms with Crippen molar-refractivity contribution in [1.82, 2.24) is 5.32 Å². The van der Waals surface area contributed by atoms with Crippen LogP contribution in [0.25, 0.3) is 0 Å². The van der Waals surface area contributed by atoms with E-state index >= 15 is 0 Å². The Morgan fingerprint density at radius 1 is 1.28 bits per heavy atom. The molecule has 1 aromatic rings. The molecule has 0 aliphatic rings. The maximum absolute atomic E-state index is 11.6. The average molecular weight is 313 g/mol. The molecule has 0 aromatic heterocycles. The number of benzene rings is 1. The molecule has 0 radical (unpaired) electrons. The number of amides is 2. The number of carbonyl (C=O) groups excluding carboxylic acids is 1. The van der Waals surface area contributed by atoms with E-state index in [0.717, 1.165) is 28.7 Å². The lowest BCUT2D eigenvalue weighted by molar-refractivity contribution is 0.252. The van der Waals surface area contributed by atoms with Crippen LogP contribution in [0, 0.1) is 6.92 Å². The molecule has 18 heavy (non-hydrogen) atoms. The van der Waals surface area contributed by atoms with E-state index in [1.807, 2.05) is 25.1 Å². The molecule has 0 heterocycles. The van der Waals surface area contributed by atoms with Crippen molar-refractivity contribution < 1.29 is 4.79 Å². The number of hydrogen-bond donors (Lipinski definition) is 2. The Bertz CT molecular complexity index is 393. The van der Waals surface area contributed by atoms with E-state index in [1.54, 1.807) is 0 Å². The second kappa shape index (κ2) is 8.14. The predicted octanol–water partition coefficient (Wildman–Crippen LogP) is 4.46. The molecule has 0 atom stereocenters. The van der Waals surface area contributed by atoms with Gasteiger partial charge in [0.25, 0.3) is 0 Å². The maximum atomic E-state index is 11.6. The van der Waals surface area contributed by atoms with Crippen molar-refractivity contribution in [3.05, 3.63) is 28.2 Å². The van der Waals surface area contributed by atoms with E-state index in [4.69, 9.17) is 0 Å². The molecule has 1 aromatic carbocycles. The molecule has 3 nitrogen and oxygen atoms in total. The molecule has 0 bridgehead atoms. The molecule has 100 valence electrons. The minimum atomic E-state index is -0.143. The van der Waals surface area contributed by atoms with Crippen molar-refractivity contribution in [3.63, 3.8) is 0 Å². The predicted molar refractivity (Wildman–Crippen MR) is 80.0 cm³/mol. The Kier molecular flexibility index (Phi) is 6.80. The van der Waals surface area contributed by atoms with Gasteiger partial charge in [0.1, 0.15) is 0 Å². The number of anilines is 1. The molecule has 0 unspecified atom stereocenters. The van der Waals surface area contributed by atoms with Crippen molar-refractivity contribution >= 4 is 27.6 Å². The molecule has 0 saturated heterocycles. The maximum Gasteiger partial charge on any atom is 0.319 e. The van der Waals surface area contributed by atoms with Gasteiger partial charge in [-0.2, -0.15) is 0 Å². The summed E-state index contributed by atoms with van der Waals surface area (Å²) >= 11 is 3.44. The second-order valence-corrected chi connectivity index (χ2v) is 5.28. The first kappa shape index (κ1) is 15.0. The van der Waals surface area contributed by atoms with Crippen molar-refractivity contribution in [1.29, 1.82) is 0 Å². The van der Waals surface area contributed by atoms with Gasteiger partial charge in [0, 0.05) is 11.0 Å². The van der Waals surface area contributed by atoms with Crippen LogP contribution in [0.5, 0.6) is 0 Å². The van der Waals surface area contributed by atoms with Gasteiger partial charge in [-0.3, -0.25) is 0 Å². The Labute approximate surface area is 117 Å². The molecular formula is C14H21BrN2O. The number of aryl methyl sites for hydroxylation is 1. The Morgan fingerprint density at radius 3 is 2.72 bits per heavy atom. The molecule has 2 amide bonds. The summed E-state index contributed by atoms with van der Waals surface area (Å²) in [7, 11) is 0. The summed E-state index contributed by atoms with van der Waals surface area (Å²) in [5, 5.41) is 5.69. The Morgan fingerprint density at radius 2 is 2.06 bits per heavy atom. The number of nitrogens with one attached hydrogen (secondary N) is 2. The van der Waals surface area contributed by atoms with Crippen LogP contribution >= 0.6 is 15.9 Å². The van der Waals surface area contributed by atoms with Crippen LogP contribution in [0.4, 0.5) is 10.5 Å². The number of carbonyl (C=O) groups is 1. The summed E-state index contributed by atoms with van der Waals surface area (Å²) in [4.78, 5) is 11.6. The van der Waals surface area contributed by atoms with Crippen molar-refractivity contribution in [2.75, 3.05) is 11.9 Å². The summed E-state index contributed by atoms with van der Waals surface area (Å²) < 4.78 is 0.906. The lowest BCUT2D eigenvalue weighted by atomic mass is 10.2. The number of unbranched alkanes of at least 4 members (excludes halogenated alkanes) is 3. The quantitative estimate of drug-likeness (QED) is 0.748. The lowest BCUT2D eigenvalue weighted by Crippen LogP contribution is -2.29. The normalized spacial score (nSPS) is 10.2. The van der Waals surface area contributed by atoms with Crippen molar-refractivity contribution in [2.45, 2.75) is 39.5 Å². The van der Waals surface area contributed by atoms with E-state index in [1.165, 1.54) is 19.3 Å². The molecule has 0 fully saturated rings. The van der Waals surface area contributed by atoms with Crippen LogP contribution in [0.15, 0.2) is 22.7 Å². The molecule has 0 aliphatic carbocycles. The molecular weight excluding hydrogens is 292 g/mol.